The zero-order valence-electron chi connectivity index (χ0n) is 13.1. The summed E-state index contributed by atoms with van der Waals surface area (Å²) in [6.07, 6.45) is 9.99. The lowest BCUT2D eigenvalue weighted by molar-refractivity contribution is -0.117. The maximum absolute atomic E-state index is 12.0. The van der Waals surface area contributed by atoms with E-state index >= 15 is 0 Å². The summed E-state index contributed by atoms with van der Waals surface area (Å²) in [7, 11) is 0. The molecule has 1 heterocycles. The number of benzene rings is 1. The minimum Gasteiger partial charge on any atom is -0.489 e. The molecule has 0 aromatic heterocycles. The van der Waals surface area contributed by atoms with Crippen LogP contribution < -0.4 is 14.8 Å². The summed E-state index contributed by atoms with van der Waals surface area (Å²) in [6.45, 7) is 1.21. The van der Waals surface area contributed by atoms with Crippen LogP contribution in [-0.4, -0.2) is 25.2 Å². The molecule has 1 aliphatic carbocycles. The Morgan fingerprint density at radius 1 is 1.13 bits per heavy atom. The second kappa shape index (κ2) is 7.73. The number of rotatable bonds is 3. The maximum Gasteiger partial charge on any atom is 0.244 e. The number of hydrogen-bond donors (Lipinski definition) is 1. The Morgan fingerprint density at radius 2 is 1.91 bits per heavy atom. The second-order valence-electron chi connectivity index (χ2n) is 6.06. The summed E-state index contributed by atoms with van der Waals surface area (Å²) in [4.78, 5) is 12.0. The number of hydrogen-bond acceptors (Lipinski definition) is 3. The van der Waals surface area contributed by atoms with Gasteiger partial charge < -0.3 is 14.8 Å². The topological polar surface area (TPSA) is 47.6 Å². The van der Waals surface area contributed by atoms with Crippen molar-refractivity contribution in [3.05, 3.63) is 28.8 Å². The van der Waals surface area contributed by atoms with E-state index in [0.29, 0.717) is 35.8 Å². The second-order valence-corrected chi connectivity index (χ2v) is 6.46. The van der Waals surface area contributed by atoms with Crippen molar-refractivity contribution in [2.24, 2.45) is 0 Å². The zero-order chi connectivity index (χ0) is 16.1. The molecule has 3 rings (SSSR count). The van der Waals surface area contributed by atoms with E-state index in [2.05, 4.69) is 5.32 Å². The molecule has 4 nitrogen and oxygen atoms in total. The number of fused-ring (bicyclic) bond motifs is 1. The van der Waals surface area contributed by atoms with Crippen LogP contribution in [0.4, 0.5) is 0 Å². The highest BCUT2D eigenvalue weighted by Crippen LogP contribution is 2.38. The predicted molar refractivity (Wildman–Crippen MR) is 91.1 cm³/mol. The average Bonchev–Trinajstić information content (AvgIpc) is 2.80. The number of carbonyl (C=O) groups excluding carboxylic acids is 1. The highest BCUT2D eigenvalue weighted by molar-refractivity contribution is 6.32. The van der Waals surface area contributed by atoms with E-state index in [-0.39, 0.29) is 5.91 Å². The van der Waals surface area contributed by atoms with Gasteiger partial charge in [-0.15, -0.1) is 0 Å². The molecule has 124 valence electrons. The summed E-state index contributed by atoms with van der Waals surface area (Å²) in [5.41, 5.74) is 0.832. The van der Waals surface area contributed by atoms with Gasteiger partial charge in [-0.05, 0) is 36.6 Å². The van der Waals surface area contributed by atoms with Crippen molar-refractivity contribution in [1.29, 1.82) is 0 Å². The van der Waals surface area contributed by atoms with Crippen LogP contribution in [0.2, 0.25) is 5.02 Å². The normalized spacial score (nSPS) is 18.7. The Labute approximate surface area is 141 Å². The van der Waals surface area contributed by atoms with Gasteiger partial charge in [-0.1, -0.05) is 30.9 Å². The molecule has 0 atom stereocenters. The quantitative estimate of drug-likeness (QED) is 0.850. The van der Waals surface area contributed by atoms with Gasteiger partial charge in [-0.3, -0.25) is 4.79 Å². The summed E-state index contributed by atoms with van der Waals surface area (Å²) >= 11 is 6.25. The molecule has 1 aliphatic heterocycles. The van der Waals surface area contributed by atoms with Crippen molar-refractivity contribution in [2.75, 3.05) is 13.2 Å². The van der Waals surface area contributed by atoms with E-state index in [1.807, 2.05) is 6.07 Å². The summed E-state index contributed by atoms with van der Waals surface area (Å²) < 4.78 is 11.3. The van der Waals surface area contributed by atoms with Gasteiger partial charge in [0.15, 0.2) is 11.5 Å². The lowest BCUT2D eigenvalue weighted by atomic mass is 9.95. The first-order valence-electron chi connectivity index (χ1n) is 8.30. The van der Waals surface area contributed by atoms with Crippen LogP contribution in [0.1, 0.15) is 44.1 Å². The van der Waals surface area contributed by atoms with Gasteiger partial charge >= 0.3 is 0 Å². The maximum atomic E-state index is 12.0. The first kappa shape index (κ1) is 16.2. The van der Waals surface area contributed by atoms with Gasteiger partial charge in [0.25, 0.3) is 0 Å². The number of amides is 1. The Kier molecular flexibility index (Phi) is 5.44. The monoisotopic (exact) mass is 335 g/mol. The minimum absolute atomic E-state index is 0.0554. The molecule has 1 saturated carbocycles. The summed E-state index contributed by atoms with van der Waals surface area (Å²) in [6, 6.07) is 3.96. The van der Waals surface area contributed by atoms with E-state index in [9.17, 15) is 4.79 Å². The van der Waals surface area contributed by atoms with Crippen molar-refractivity contribution in [3.63, 3.8) is 0 Å². The smallest absolute Gasteiger partial charge is 0.244 e. The van der Waals surface area contributed by atoms with Crippen molar-refractivity contribution < 1.29 is 14.3 Å². The van der Waals surface area contributed by atoms with E-state index in [0.717, 1.165) is 24.8 Å². The van der Waals surface area contributed by atoms with E-state index in [1.165, 1.54) is 19.3 Å². The largest absolute Gasteiger partial charge is 0.489 e. The van der Waals surface area contributed by atoms with Crippen LogP contribution in [0, 0.1) is 0 Å². The number of nitrogens with one attached hydrogen (secondary N) is 1. The lowest BCUT2D eigenvalue weighted by Crippen LogP contribution is -2.34. The molecule has 0 unspecified atom stereocenters. The SMILES string of the molecule is O=C(/C=C/c1cc(Cl)c2c(c1)OCCCO2)NC1CCCCC1. The standard InChI is InChI=1S/C18H22ClNO3/c19-15-11-13(12-16-18(15)23-10-4-9-22-16)7-8-17(21)20-14-5-2-1-3-6-14/h7-8,11-12,14H,1-6,9-10H2,(H,20,21)/b8-7+. The van der Waals surface area contributed by atoms with Crippen LogP contribution in [0.15, 0.2) is 18.2 Å². The molecule has 1 amide bonds. The molecule has 1 aromatic rings. The molecule has 0 bridgehead atoms. The number of halogens is 1. The highest BCUT2D eigenvalue weighted by Gasteiger charge is 2.16. The fourth-order valence-electron chi connectivity index (χ4n) is 3.02. The van der Waals surface area contributed by atoms with Gasteiger partial charge in [0.2, 0.25) is 5.91 Å². The molecule has 1 N–H and O–H groups in total. The Morgan fingerprint density at radius 3 is 2.74 bits per heavy atom. The van der Waals surface area contributed by atoms with Crippen LogP contribution in [0.25, 0.3) is 6.08 Å². The molecule has 0 saturated heterocycles. The van der Waals surface area contributed by atoms with Crippen molar-refractivity contribution in [2.45, 2.75) is 44.6 Å². The van der Waals surface area contributed by atoms with Gasteiger partial charge in [0.05, 0.1) is 18.2 Å². The predicted octanol–water partition coefficient (Wildman–Crippen LogP) is 3.96. The van der Waals surface area contributed by atoms with Gasteiger partial charge in [-0.25, -0.2) is 0 Å². The van der Waals surface area contributed by atoms with Crippen LogP contribution in [-0.2, 0) is 4.79 Å². The number of ether oxygens (including phenoxy) is 2. The fraction of sp³-hybridized carbons (Fsp3) is 0.500. The summed E-state index contributed by atoms with van der Waals surface area (Å²) in [5, 5.41) is 3.57. The van der Waals surface area contributed by atoms with Gasteiger partial charge in [0, 0.05) is 18.5 Å². The Bertz CT molecular complexity index is 594. The third-order valence-corrected chi connectivity index (χ3v) is 4.48. The molecule has 23 heavy (non-hydrogen) atoms. The molecule has 1 aromatic carbocycles. The molecular formula is C18H22ClNO3. The average molecular weight is 336 g/mol. The van der Waals surface area contributed by atoms with E-state index in [4.69, 9.17) is 21.1 Å². The third-order valence-electron chi connectivity index (χ3n) is 4.20. The van der Waals surface area contributed by atoms with Crippen molar-refractivity contribution >= 4 is 23.6 Å². The first-order chi connectivity index (χ1) is 11.2. The van der Waals surface area contributed by atoms with Crippen LogP contribution in [0.3, 0.4) is 0 Å². The van der Waals surface area contributed by atoms with Crippen molar-refractivity contribution in [1.82, 2.24) is 5.32 Å². The molecule has 2 aliphatic rings. The Hall–Kier alpha value is -1.68. The van der Waals surface area contributed by atoms with E-state index < -0.39 is 0 Å². The van der Waals surface area contributed by atoms with Crippen molar-refractivity contribution in [3.8, 4) is 11.5 Å². The zero-order valence-corrected chi connectivity index (χ0v) is 13.9. The molecule has 0 spiro atoms. The molecule has 0 radical (unpaired) electrons. The fourth-order valence-corrected chi connectivity index (χ4v) is 3.29. The van der Waals surface area contributed by atoms with E-state index in [1.54, 1.807) is 18.2 Å². The molecule has 5 heteroatoms. The van der Waals surface area contributed by atoms with Crippen LogP contribution >= 0.6 is 11.6 Å². The van der Waals surface area contributed by atoms with Crippen LogP contribution in [0.5, 0.6) is 11.5 Å². The Balaban J connectivity index is 1.66. The van der Waals surface area contributed by atoms with Gasteiger partial charge in [-0.2, -0.15) is 0 Å². The first-order valence-corrected chi connectivity index (χ1v) is 8.68. The summed E-state index contributed by atoms with van der Waals surface area (Å²) in [5.74, 6) is 1.18. The number of carbonyl (C=O) groups is 1. The molecule has 1 fully saturated rings. The third kappa shape index (κ3) is 4.41. The lowest BCUT2D eigenvalue weighted by Gasteiger charge is -2.21. The molecular weight excluding hydrogens is 314 g/mol. The van der Waals surface area contributed by atoms with Gasteiger partial charge in [0.1, 0.15) is 0 Å². The minimum atomic E-state index is -0.0554. The highest BCUT2D eigenvalue weighted by atomic mass is 35.5.